The summed E-state index contributed by atoms with van der Waals surface area (Å²) in [6.07, 6.45) is -0.0647. The van der Waals surface area contributed by atoms with Crippen molar-refractivity contribution in [2.45, 2.75) is 59.5 Å². The average molecular weight is 258 g/mol. The molecule has 1 unspecified atom stereocenters. The van der Waals surface area contributed by atoms with E-state index in [4.69, 9.17) is 5.11 Å². The normalized spacial score (nSPS) is 14.1. The van der Waals surface area contributed by atoms with Gasteiger partial charge in [0.15, 0.2) is 0 Å². The second kappa shape index (κ2) is 6.18. The molecule has 0 aromatic rings. The van der Waals surface area contributed by atoms with Gasteiger partial charge < -0.3 is 15.7 Å². The van der Waals surface area contributed by atoms with Crippen LogP contribution in [0.4, 0.5) is 0 Å². The van der Waals surface area contributed by atoms with Crippen LogP contribution in [0.1, 0.15) is 48.0 Å². The van der Waals surface area contributed by atoms with Crippen molar-refractivity contribution in [3.05, 3.63) is 0 Å². The van der Waals surface area contributed by atoms with Gasteiger partial charge in [0.2, 0.25) is 5.91 Å². The van der Waals surface area contributed by atoms with Gasteiger partial charge in [-0.15, -0.1) is 0 Å². The number of rotatable bonds is 5. The van der Waals surface area contributed by atoms with Gasteiger partial charge in [0, 0.05) is 11.6 Å². The molecule has 0 saturated carbocycles. The van der Waals surface area contributed by atoms with Crippen LogP contribution in [0.3, 0.4) is 0 Å². The van der Waals surface area contributed by atoms with E-state index in [1.807, 2.05) is 41.5 Å². The molecule has 18 heavy (non-hydrogen) atoms. The summed E-state index contributed by atoms with van der Waals surface area (Å²) in [7, 11) is 0. The molecule has 0 rings (SSSR count). The lowest BCUT2D eigenvalue weighted by molar-refractivity contribution is -0.138. The smallest absolute Gasteiger partial charge is 0.305 e. The molecule has 0 heterocycles. The molecule has 0 spiro atoms. The van der Waals surface area contributed by atoms with Gasteiger partial charge in [-0.3, -0.25) is 9.59 Å². The highest BCUT2D eigenvalue weighted by molar-refractivity contribution is 5.79. The average Bonchev–Trinajstić information content (AvgIpc) is 2.10. The molecule has 0 saturated heterocycles. The SMILES string of the molecule is CC(C)(C)NCC(=O)NC(CC(=O)O)C(C)(C)C. The highest BCUT2D eigenvalue weighted by Crippen LogP contribution is 2.21. The Bertz CT molecular complexity index is 300. The minimum atomic E-state index is -0.904. The van der Waals surface area contributed by atoms with Gasteiger partial charge in [0.05, 0.1) is 13.0 Å². The van der Waals surface area contributed by atoms with Crippen molar-refractivity contribution in [1.29, 1.82) is 0 Å². The van der Waals surface area contributed by atoms with Crippen LogP contribution < -0.4 is 10.6 Å². The zero-order chi connectivity index (χ0) is 14.6. The number of amides is 1. The summed E-state index contributed by atoms with van der Waals surface area (Å²) < 4.78 is 0. The molecule has 1 atom stereocenters. The quantitative estimate of drug-likeness (QED) is 0.696. The van der Waals surface area contributed by atoms with Gasteiger partial charge in [-0.25, -0.2) is 0 Å². The number of carboxylic acids is 1. The van der Waals surface area contributed by atoms with Crippen molar-refractivity contribution in [2.24, 2.45) is 5.41 Å². The fraction of sp³-hybridized carbons (Fsp3) is 0.846. The molecule has 0 aliphatic heterocycles. The van der Waals surface area contributed by atoms with Crippen molar-refractivity contribution >= 4 is 11.9 Å². The lowest BCUT2D eigenvalue weighted by atomic mass is 9.84. The maximum atomic E-state index is 11.8. The molecule has 5 heteroatoms. The second-order valence-electron chi connectivity index (χ2n) is 6.69. The summed E-state index contributed by atoms with van der Waals surface area (Å²) in [5, 5.41) is 14.7. The Kier molecular flexibility index (Phi) is 5.80. The van der Waals surface area contributed by atoms with E-state index in [-0.39, 0.29) is 35.9 Å². The number of aliphatic carboxylic acids is 1. The fourth-order valence-electron chi connectivity index (χ4n) is 1.34. The minimum Gasteiger partial charge on any atom is -0.481 e. The van der Waals surface area contributed by atoms with Crippen LogP contribution in [0, 0.1) is 5.41 Å². The number of carbonyl (C=O) groups excluding carboxylic acids is 1. The van der Waals surface area contributed by atoms with Crippen LogP contribution in [-0.4, -0.2) is 35.1 Å². The third kappa shape index (κ3) is 8.06. The Morgan fingerprint density at radius 3 is 1.94 bits per heavy atom. The second-order valence-corrected chi connectivity index (χ2v) is 6.69. The van der Waals surface area contributed by atoms with E-state index in [1.54, 1.807) is 0 Å². The van der Waals surface area contributed by atoms with E-state index < -0.39 is 5.97 Å². The number of hydrogen-bond donors (Lipinski definition) is 3. The number of hydrogen-bond acceptors (Lipinski definition) is 3. The predicted molar refractivity (Wildman–Crippen MR) is 71.4 cm³/mol. The first kappa shape index (κ1) is 16.9. The summed E-state index contributed by atoms with van der Waals surface area (Å²) in [5.74, 6) is -1.08. The van der Waals surface area contributed by atoms with E-state index >= 15 is 0 Å². The van der Waals surface area contributed by atoms with E-state index in [9.17, 15) is 9.59 Å². The summed E-state index contributed by atoms with van der Waals surface area (Å²) in [6, 6.07) is -0.371. The molecule has 1 amide bonds. The van der Waals surface area contributed by atoms with E-state index in [1.165, 1.54) is 0 Å². The van der Waals surface area contributed by atoms with Crippen molar-refractivity contribution in [3.63, 3.8) is 0 Å². The lowest BCUT2D eigenvalue weighted by Gasteiger charge is -2.31. The third-order valence-electron chi connectivity index (χ3n) is 2.54. The van der Waals surface area contributed by atoms with Gasteiger partial charge >= 0.3 is 5.97 Å². The molecule has 0 aromatic heterocycles. The molecule has 0 fully saturated rings. The lowest BCUT2D eigenvalue weighted by Crippen LogP contribution is -2.50. The zero-order valence-corrected chi connectivity index (χ0v) is 12.3. The largest absolute Gasteiger partial charge is 0.481 e. The van der Waals surface area contributed by atoms with E-state index in [0.29, 0.717) is 0 Å². The molecule has 106 valence electrons. The minimum absolute atomic E-state index is 0.0647. The van der Waals surface area contributed by atoms with E-state index in [2.05, 4.69) is 10.6 Å². The molecule has 0 aromatic carbocycles. The molecular formula is C13H26N2O3. The Morgan fingerprint density at radius 2 is 1.61 bits per heavy atom. The summed E-state index contributed by atoms with van der Waals surface area (Å²) >= 11 is 0. The monoisotopic (exact) mass is 258 g/mol. The number of carboxylic acid groups (broad SMARTS) is 1. The Hall–Kier alpha value is -1.10. The van der Waals surface area contributed by atoms with Crippen LogP contribution >= 0.6 is 0 Å². The maximum absolute atomic E-state index is 11.8. The van der Waals surface area contributed by atoms with Crippen LogP contribution in [-0.2, 0) is 9.59 Å². The molecular weight excluding hydrogens is 232 g/mol. The van der Waals surface area contributed by atoms with Crippen molar-refractivity contribution in [2.75, 3.05) is 6.54 Å². The van der Waals surface area contributed by atoms with Crippen LogP contribution in [0.15, 0.2) is 0 Å². The summed E-state index contributed by atoms with van der Waals surface area (Å²) in [4.78, 5) is 22.5. The van der Waals surface area contributed by atoms with Gasteiger partial charge in [-0.05, 0) is 26.2 Å². The maximum Gasteiger partial charge on any atom is 0.305 e. The first-order valence-corrected chi connectivity index (χ1v) is 6.18. The number of carbonyl (C=O) groups is 2. The van der Waals surface area contributed by atoms with Gasteiger partial charge in [0.25, 0.3) is 0 Å². The van der Waals surface area contributed by atoms with Gasteiger partial charge in [-0.1, -0.05) is 20.8 Å². The molecule has 0 aliphatic rings. The summed E-state index contributed by atoms with van der Waals surface area (Å²) in [6.45, 7) is 11.8. The van der Waals surface area contributed by atoms with Crippen LogP contribution in [0.2, 0.25) is 0 Å². The predicted octanol–water partition coefficient (Wildman–Crippen LogP) is 1.38. The third-order valence-corrected chi connectivity index (χ3v) is 2.54. The Balaban J connectivity index is 4.41. The highest BCUT2D eigenvalue weighted by atomic mass is 16.4. The number of nitrogens with one attached hydrogen (secondary N) is 2. The van der Waals surface area contributed by atoms with Gasteiger partial charge in [0.1, 0.15) is 0 Å². The fourth-order valence-corrected chi connectivity index (χ4v) is 1.34. The zero-order valence-electron chi connectivity index (χ0n) is 12.3. The molecule has 0 bridgehead atoms. The first-order chi connectivity index (χ1) is 7.92. The topological polar surface area (TPSA) is 78.4 Å². The van der Waals surface area contributed by atoms with E-state index in [0.717, 1.165) is 0 Å². The Labute approximate surface area is 109 Å². The Morgan fingerprint density at radius 1 is 1.11 bits per heavy atom. The highest BCUT2D eigenvalue weighted by Gasteiger charge is 2.28. The van der Waals surface area contributed by atoms with Crippen molar-refractivity contribution < 1.29 is 14.7 Å². The van der Waals surface area contributed by atoms with Crippen LogP contribution in [0.25, 0.3) is 0 Å². The van der Waals surface area contributed by atoms with Crippen molar-refractivity contribution in [3.8, 4) is 0 Å². The van der Waals surface area contributed by atoms with Crippen molar-refractivity contribution in [1.82, 2.24) is 10.6 Å². The molecule has 0 aliphatic carbocycles. The van der Waals surface area contributed by atoms with Crippen LogP contribution in [0.5, 0.6) is 0 Å². The first-order valence-electron chi connectivity index (χ1n) is 6.18. The standard InChI is InChI=1S/C13H26N2O3/c1-12(2,3)9(7-11(17)18)15-10(16)8-14-13(4,5)6/h9,14H,7-8H2,1-6H3,(H,15,16)(H,17,18). The molecule has 5 nitrogen and oxygen atoms in total. The molecule has 3 N–H and O–H groups in total. The molecule has 0 radical (unpaired) electrons. The van der Waals surface area contributed by atoms with Gasteiger partial charge in [-0.2, -0.15) is 0 Å². The summed E-state index contributed by atoms with van der Waals surface area (Å²) in [5.41, 5.74) is -0.419.